The van der Waals surface area contributed by atoms with Crippen LogP contribution in [0.1, 0.15) is 23.7 Å². The summed E-state index contributed by atoms with van der Waals surface area (Å²) < 4.78 is 13.4. The second-order valence-corrected chi connectivity index (χ2v) is 5.14. The monoisotopic (exact) mass is 317 g/mol. The molecule has 1 aliphatic heterocycles. The predicted octanol–water partition coefficient (Wildman–Crippen LogP) is 1.96. The van der Waals surface area contributed by atoms with Gasteiger partial charge in [-0.1, -0.05) is 6.92 Å². The van der Waals surface area contributed by atoms with Crippen LogP contribution in [0.25, 0.3) is 0 Å². The highest BCUT2D eigenvalue weighted by Gasteiger charge is 2.27. The highest BCUT2D eigenvalue weighted by Crippen LogP contribution is 2.21. The standard InChI is InChI=1S/C13H16FN3O3.ClH/c1-8-7-16(3-2-12(8)15)13(18)9-4-10(14)6-11(5-9)17(19)20;/h4-6,8,12H,2-3,7,15H2,1H3;1H. The number of benzene rings is 1. The number of likely N-dealkylation sites (tertiary alicyclic amines) is 1. The van der Waals surface area contributed by atoms with Crippen LogP contribution in [0, 0.1) is 21.8 Å². The molecule has 0 bridgehead atoms. The van der Waals surface area contributed by atoms with E-state index < -0.39 is 22.3 Å². The lowest BCUT2D eigenvalue weighted by Gasteiger charge is -2.35. The van der Waals surface area contributed by atoms with Gasteiger partial charge in [0.25, 0.3) is 11.6 Å². The lowest BCUT2D eigenvalue weighted by Crippen LogP contribution is -2.48. The van der Waals surface area contributed by atoms with E-state index in [0.29, 0.717) is 19.5 Å². The maximum atomic E-state index is 13.4. The molecule has 2 N–H and O–H groups in total. The summed E-state index contributed by atoms with van der Waals surface area (Å²) in [7, 11) is 0. The average Bonchev–Trinajstić information content (AvgIpc) is 2.40. The molecule has 116 valence electrons. The number of amides is 1. The van der Waals surface area contributed by atoms with Gasteiger partial charge < -0.3 is 10.6 Å². The molecule has 6 nitrogen and oxygen atoms in total. The fourth-order valence-corrected chi connectivity index (χ4v) is 2.33. The van der Waals surface area contributed by atoms with Crippen molar-refractivity contribution in [3.8, 4) is 0 Å². The molecule has 1 saturated heterocycles. The van der Waals surface area contributed by atoms with E-state index in [0.717, 1.165) is 18.2 Å². The topological polar surface area (TPSA) is 89.5 Å². The molecule has 0 saturated carbocycles. The smallest absolute Gasteiger partial charge is 0.273 e. The van der Waals surface area contributed by atoms with Crippen LogP contribution in [0.3, 0.4) is 0 Å². The van der Waals surface area contributed by atoms with Crippen molar-refractivity contribution in [2.24, 2.45) is 11.7 Å². The second kappa shape index (κ2) is 6.82. The van der Waals surface area contributed by atoms with Crippen molar-refractivity contribution in [3.05, 3.63) is 39.7 Å². The molecule has 1 aliphatic rings. The number of nitrogens with zero attached hydrogens (tertiary/aromatic N) is 2. The Morgan fingerprint density at radius 2 is 2.14 bits per heavy atom. The van der Waals surface area contributed by atoms with Crippen molar-refractivity contribution in [1.82, 2.24) is 4.90 Å². The van der Waals surface area contributed by atoms with Gasteiger partial charge >= 0.3 is 0 Å². The minimum atomic E-state index is -0.788. The molecule has 8 heteroatoms. The number of nitro groups is 1. The molecule has 2 rings (SSSR count). The summed E-state index contributed by atoms with van der Waals surface area (Å²) in [6, 6.07) is 2.96. The third-order valence-corrected chi connectivity index (χ3v) is 3.60. The van der Waals surface area contributed by atoms with Gasteiger partial charge in [0.1, 0.15) is 5.82 Å². The average molecular weight is 318 g/mol. The molecule has 1 fully saturated rings. The molecule has 1 aromatic carbocycles. The van der Waals surface area contributed by atoms with Crippen molar-refractivity contribution in [2.45, 2.75) is 19.4 Å². The Labute approximate surface area is 127 Å². The van der Waals surface area contributed by atoms with Crippen LogP contribution in [0.2, 0.25) is 0 Å². The Balaban J connectivity index is 0.00000220. The van der Waals surface area contributed by atoms with Crippen molar-refractivity contribution >= 4 is 24.0 Å². The van der Waals surface area contributed by atoms with E-state index >= 15 is 0 Å². The summed E-state index contributed by atoms with van der Waals surface area (Å²) >= 11 is 0. The molecular formula is C13H17ClFN3O3. The van der Waals surface area contributed by atoms with Crippen molar-refractivity contribution < 1.29 is 14.1 Å². The normalized spacial score (nSPS) is 21.6. The maximum absolute atomic E-state index is 13.4. The maximum Gasteiger partial charge on any atom is 0.273 e. The first-order valence-corrected chi connectivity index (χ1v) is 6.38. The van der Waals surface area contributed by atoms with Gasteiger partial charge in [-0.2, -0.15) is 0 Å². The number of carbonyl (C=O) groups is 1. The van der Waals surface area contributed by atoms with Crippen molar-refractivity contribution in [2.75, 3.05) is 13.1 Å². The second-order valence-electron chi connectivity index (χ2n) is 5.14. The number of halogens is 2. The fraction of sp³-hybridized carbons (Fsp3) is 0.462. The lowest BCUT2D eigenvalue weighted by atomic mass is 9.94. The number of hydrogen-bond donors (Lipinski definition) is 1. The third-order valence-electron chi connectivity index (χ3n) is 3.60. The van der Waals surface area contributed by atoms with Crippen LogP contribution in [0.15, 0.2) is 18.2 Å². The Bertz CT molecular complexity index is 555. The fourth-order valence-electron chi connectivity index (χ4n) is 2.33. The van der Waals surface area contributed by atoms with Crippen LogP contribution in [0.5, 0.6) is 0 Å². The van der Waals surface area contributed by atoms with Gasteiger partial charge in [-0.05, 0) is 18.4 Å². The van der Waals surface area contributed by atoms with Crippen molar-refractivity contribution in [3.63, 3.8) is 0 Å². The molecule has 2 unspecified atom stereocenters. The third kappa shape index (κ3) is 3.89. The van der Waals surface area contributed by atoms with E-state index in [1.54, 1.807) is 4.90 Å². The van der Waals surface area contributed by atoms with Crippen LogP contribution in [-0.4, -0.2) is 34.9 Å². The van der Waals surface area contributed by atoms with Gasteiger partial charge in [0.15, 0.2) is 0 Å². The van der Waals surface area contributed by atoms with Crippen molar-refractivity contribution in [1.29, 1.82) is 0 Å². The van der Waals surface area contributed by atoms with Gasteiger partial charge in [0.2, 0.25) is 0 Å². The van der Waals surface area contributed by atoms with E-state index in [1.165, 1.54) is 0 Å². The molecule has 0 aromatic heterocycles. The number of carbonyl (C=O) groups excluding carboxylic acids is 1. The molecular weight excluding hydrogens is 301 g/mol. The van der Waals surface area contributed by atoms with Gasteiger partial charge in [-0.3, -0.25) is 14.9 Å². The summed E-state index contributed by atoms with van der Waals surface area (Å²) in [5.74, 6) is -1.04. The van der Waals surface area contributed by atoms with Gasteiger partial charge in [-0.15, -0.1) is 12.4 Å². The highest BCUT2D eigenvalue weighted by atomic mass is 35.5. The number of nitro benzene ring substituents is 1. The molecule has 2 atom stereocenters. The highest BCUT2D eigenvalue weighted by molar-refractivity contribution is 5.95. The summed E-state index contributed by atoms with van der Waals surface area (Å²) in [6.07, 6.45) is 0.671. The zero-order valence-corrected chi connectivity index (χ0v) is 12.3. The lowest BCUT2D eigenvalue weighted by molar-refractivity contribution is -0.385. The number of hydrogen-bond acceptors (Lipinski definition) is 4. The Morgan fingerprint density at radius 1 is 1.48 bits per heavy atom. The van der Waals surface area contributed by atoms with E-state index in [4.69, 9.17) is 5.73 Å². The number of nitrogens with two attached hydrogens (primary N) is 1. The van der Waals surface area contributed by atoms with E-state index in [2.05, 4.69) is 0 Å². The molecule has 1 aromatic rings. The Morgan fingerprint density at radius 3 is 2.71 bits per heavy atom. The number of rotatable bonds is 2. The Kier molecular flexibility index (Phi) is 5.62. The first kappa shape index (κ1) is 17.3. The summed E-state index contributed by atoms with van der Waals surface area (Å²) in [5, 5.41) is 10.7. The molecule has 0 aliphatic carbocycles. The Hall–Kier alpha value is -1.73. The van der Waals surface area contributed by atoms with E-state index in [-0.39, 0.29) is 29.9 Å². The van der Waals surface area contributed by atoms with E-state index in [1.807, 2.05) is 6.92 Å². The molecule has 21 heavy (non-hydrogen) atoms. The van der Waals surface area contributed by atoms with Crippen LogP contribution in [0.4, 0.5) is 10.1 Å². The van der Waals surface area contributed by atoms with Crippen LogP contribution >= 0.6 is 12.4 Å². The largest absolute Gasteiger partial charge is 0.338 e. The van der Waals surface area contributed by atoms with Gasteiger partial charge in [0.05, 0.1) is 11.0 Å². The quantitative estimate of drug-likeness (QED) is 0.667. The minimum Gasteiger partial charge on any atom is -0.338 e. The summed E-state index contributed by atoms with van der Waals surface area (Å²) in [5.41, 5.74) is 5.46. The zero-order valence-electron chi connectivity index (χ0n) is 11.5. The summed E-state index contributed by atoms with van der Waals surface area (Å²) in [4.78, 5) is 23.8. The first-order chi connectivity index (χ1) is 9.38. The SMILES string of the molecule is CC1CN(C(=O)c2cc(F)cc([N+](=O)[O-])c2)CCC1N.Cl. The molecule has 1 amide bonds. The molecule has 0 radical (unpaired) electrons. The number of piperidine rings is 1. The molecule has 1 heterocycles. The predicted molar refractivity (Wildman–Crippen MR) is 78.0 cm³/mol. The van der Waals surface area contributed by atoms with Gasteiger partial charge in [0, 0.05) is 30.8 Å². The number of non-ortho nitro benzene ring substituents is 1. The zero-order chi connectivity index (χ0) is 14.9. The van der Waals surface area contributed by atoms with Crippen LogP contribution in [-0.2, 0) is 0 Å². The van der Waals surface area contributed by atoms with Gasteiger partial charge in [-0.25, -0.2) is 4.39 Å². The molecule has 0 spiro atoms. The summed E-state index contributed by atoms with van der Waals surface area (Å²) in [6.45, 7) is 2.90. The first-order valence-electron chi connectivity index (χ1n) is 6.38. The minimum absolute atomic E-state index is 0. The van der Waals surface area contributed by atoms with Crippen LogP contribution < -0.4 is 5.73 Å². The van der Waals surface area contributed by atoms with E-state index in [9.17, 15) is 19.3 Å².